The molecule has 0 radical (unpaired) electrons. The summed E-state index contributed by atoms with van der Waals surface area (Å²) in [6, 6.07) is 4.14. The molecule has 0 aliphatic carbocycles. The third-order valence-electron chi connectivity index (χ3n) is 4.26. The van der Waals surface area contributed by atoms with Crippen molar-refractivity contribution in [3.8, 4) is 0 Å². The van der Waals surface area contributed by atoms with Gasteiger partial charge in [0.2, 0.25) is 0 Å². The van der Waals surface area contributed by atoms with Crippen molar-refractivity contribution < 1.29 is 9.21 Å². The largest absolute Gasteiger partial charge is 0.456 e. The second-order valence-corrected chi connectivity index (χ2v) is 5.73. The van der Waals surface area contributed by atoms with Crippen LogP contribution in [-0.4, -0.2) is 54.5 Å². The molecule has 2 rings (SSSR count). The molecule has 0 spiro atoms. The molecule has 1 amide bonds. The first-order valence-corrected chi connectivity index (χ1v) is 7.95. The van der Waals surface area contributed by atoms with Crippen LogP contribution in [0.15, 0.2) is 16.5 Å². The van der Waals surface area contributed by atoms with Crippen LogP contribution in [-0.2, 0) is 0 Å². The molecule has 1 aliphatic heterocycles. The van der Waals surface area contributed by atoms with E-state index in [2.05, 4.69) is 11.8 Å². The van der Waals surface area contributed by atoms with Crippen molar-refractivity contribution in [2.24, 2.45) is 5.73 Å². The standard InChI is InChI=1S/C16H27N3O2/c1-3-14(7-8-17)18-9-4-10-19(12-11-18)16(20)15-6-5-13(2)21-15/h5-6,14H,3-4,7-12,17H2,1-2H3. The van der Waals surface area contributed by atoms with Crippen LogP contribution in [0.5, 0.6) is 0 Å². The number of hydrogen-bond acceptors (Lipinski definition) is 4. The minimum Gasteiger partial charge on any atom is -0.456 e. The van der Waals surface area contributed by atoms with Gasteiger partial charge in [-0.2, -0.15) is 0 Å². The molecule has 1 aliphatic rings. The molecule has 1 aromatic rings. The maximum Gasteiger partial charge on any atom is 0.289 e. The summed E-state index contributed by atoms with van der Waals surface area (Å²) >= 11 is 0. The van der Waals surface area contributed by atoms with Crippen LogP contribution in [0.2, 0.25) is 0 Å². The molecule has 0 bridgehead atoms. The summed E-state index contributed by atoms with van der Waals surface area (Å²) < 4.78 is 5.45. The first-order chi connectivity index (χ1) is 10.2. The van der Waals surface area contributed by atoms with E-state index in [-0.39, 0.29) is 5.91 Å². The van der Waals surface area contributed by atoms with Crippen molar-refractivity contribution in [1.29, 1.82) is 0 Å². The molecule has 118 valence electrons. The number of amides is 1. The second-order valence-electron chi connectivity index (χ2n) is 5.73. The summed E-state index contributed by atoms with van der Waals surface area (Å²) in [5, 5.41) is 0. The van der Waals surface area contributed by atoms with Crippen molar-refractivity contribution in [2.45, 2.75) is 39.2 Å². The van der Waals surface area contributed by atoms with Crippen LogP contribution in [0, 0.1) is 6.92 Å². The van der Waals surface area contributed by atoms with Gasteiger partial charge < -0.3 is 15.1 Å². The smallest absolute Gasteiger partial charge is 0.289 e. The van der Waals surface area contributed by atoms with Gasteiger partial charge in [0, 0.05) is 32.2 Å². The van der Waals surface area contributed by atoms with Gasteiger partial charge >= 0.3 is 0 Å². The third-order valence-corrected chi connectivity index (χ3v) is 4.26. The zero-order valence-corrected chi connectivity index (χ0v) is 13.2. The fourth-order valence-electron chi connectivity index (χ4n) is 3.05. The molecular weight excluding hydrogens is 266 g/mol. The van der Waals surface area contributed by atoms with E-state index >= 15 is 0 Å². The van der Waals surface area contributed by atoms with E-state index in [4.69, 9.17) is 10.2 Å². The molecule has 1 saturated heterocycles. The molecule has 1 fully saturated rings. The van der Waals surface area contributed by atoms with Crippen LogP contribution in [0.3, 0.4) is 0 Å². The Kier molecular flexibility index (Phi) is 5.82. The number of furan rings is 1. The summed E-state index contributed by atoms with van der Waals surface area (Å²) in [6.07, 6.45) is 3.15. The number of nitrogens with two attached hydrogens (primary N) is 1. The number of hydrogen-bond donors (Lipinski definition) is 1. The second kappa shape index (κ2) is 7.61. The van der Waals surface area contributed by atoms with E-state index < -0.39 is 0 Å². The molecule has 0 saturated carbocycles. The zero-order valence-electron chi connectivity index (χ0n) is 13.2. The highest BCUT2D eigenvalue weighted by molar-refractivity contribution is 5.91. The van der Waals surface area contributed by atoms with Crippen molar-refractivity contribution in [3.05, 3.63) is 23.7 Å². The molecule has 0 aromatic carbocycles. The van der Waals surface area contributed by atoms with Crippen LogP contribution < -0.4 is 5.73 Å². The molecule has 5 heteroatoms. The van der Waals surface area contributed by atoms with Crippen LogP contribution >= 0.6 is 0 Å². The summed E-state index contributed by atoms with van der Waals surface area (Å²) in [6.45, 7) is 8.32. The summed E-state index contributed by atoms with van der Waals surface area (Å²) in [4.78, 5) is 16.8. The summed E-state index contributed by atoms with van der Waals surface area (Å²) in [5.41, 5.74) is 5.70. The number of carbonyl (C=O) groups is 1. The average molecular weight is 293 g/mol. The van der Waals surface area contributed by atoms with Crippen molar-refractivity contribution in [2.75, 3.05) is 32.7 Å². The predicted octanol–water partition coefficient (Wildman–Crippen LogP) is 1.86. The maximum absolute atomic E-state index is 12.4. The monoisotopic (exact) mass is 293 g/mol. The lowest BCUT2D eigenvalue weighted by molar-refractivity contribution is 0.0724. The molecule has 5 nitrogen and oxygen atoms in total. The summed E-state index contributed by atoms with van der Waals surface area (Å²) in [7, 11) is 0. The highest BCUT2D eigenvalue weighted by Crippen LogP contribution is 2.15. The van der Waals surface area contributed by atoms with E-state index in [1.165, 1.54) is 0 Å². The van der Waals surface area contributed by atoms with Gasteiger partial charge in [-0.15, -0.1) is 0 Å². The van der Waals surface area contributed by atoms with Crippen LogP contribution in [0.4, 0.5) is 0 Å². The number of rotatable bonds is 5. The Bertz CT molecular complexity index is 458. The minimum absolute atomic E-state index is 0.0109. The van der Waals surface area contributed by atoms with Gasteiger partial charge in [-0.05, 0) is 44.9 Å². The lowest BCUT2D eigenvalue weighted by Crippen LogP contribution is -2.40. The van der Waals surface area contributed by atoms with Gasteiger partial charge in [-0.1, -0.05) is 6.92 Å². The zero-order chi connectivity index (χ0) is 15.2. The molecule has 2 heterocycles. The maximum atomic E-state index is 12.4. The highest BCUT2D eigenvalue weighted by Gasteiger charge is 2.24. The molecule has 1 aromatic heterocycles. The van der Waals surface area contributed by atoms with Gasteiger partial charge in [0.25, 0.3) is 5.91 Å². The fraction of sp³-hybridized carbons (Fsp3) is 0.688. The number of aryl methyl sites for hydroxylation is 1. The quantitative estimate of drug-likeness (QED) is 0.900. The van der Waals surface area contributed by atoms with E-state index in [0.717, 1.165) is 57.7 Å². The Morgan fingerprint density at radius 1 is 1.33 bits per heavy atom. The Hall–Kier alpha value is -1.33. The van der Waals surface area contributed by atoms with Gasteiger partial charge in [-0.25, -0.2) is 0 Å². The van der Waals surface area contributed by atoms with E-state index in [0.29, 0.717) is 11.8 Å². The summed E-state index contributed by atoms with van der Waals surface area (Å²) in [5.74, 6) is 1.25. The minimum atomic E-state index is 0.0109. The Labute approximate surface area is 127 Å². The van der Waals surface area contributed by atoms with Crippen LogP contribution in [0.25, 0.3) is 0 Å². The Balaban J connectivity index is 1.95. The van der Waals surface area contributed by atoms with E-state index in [1.54, 1.807) is 6.07 Å². The Morgan fingerprint density at radius 2 is 2.14 bits per heavy atom. The normalized spacial score (nSPS) is 18.5. The molecule has 21 heavy (non-hydrogen) atoms. The average Bonchev–Trinajstić information content (AvgIpc) is 2.77. The van der Waals surface area contributed by atoms with Gasteiger partial charge in [0.05, 0.1) is 0 Å². The van der Waals surface area contributed by atoms with Crippen molar-refractivity contribution in [3.63, 3.8) is 0 Å². The van der Waals surface area contributed by atoms with Gasteiger partial charge in [0.15, 0.2) is 5.76 Å². The lowest BCUT2D eigenvalue weighted by Gasteiger charge is -2.29. The molecule has 2 N–H and O–H groups in total. The number of carbonyl (C=O) groups excluding carboxylic acids is 1. The van der Waals surface area contributed by atoms with Crippen molar-refractivity contribution >= 4 is 5.91 Å². The Morgan fingerprint density at radius 3 is 2.76 bits per heavy atom. The molecule has 1 unspecified atom stereocenters. The number of nitrogens with zero attached hydrogens (tertiary/aromatic N) is 2. The third kappa shape index (κ3) is 4.08. The van der Waals surface area contributed by atoms with Crippen molar-refractivity contribution in [1.82, 2.24) is 9.80 Å². The van der Waals surface area contributed by atoms with E-state index in [9.17, 15) is 4.79 Å². The van der Waals surface area contributed by atoms with Crippen LogP contribution in [0.1, 0.15) is 42.5 Å². The molecular formula is C16H27N3O2. The highest BCUT2D eigenvalue weighted by atomic mass is 16.3. The first kappa shape index (κ1) is 16.0. The lowest BCUT2D eigenvalue weighted by atomic mass is 10.1. The van der Waals surface area contributed by atoms with Gasteiger partial charge in [0.1, 0.15) is 5.76 Å². The fourth-order valence-corrected chi connectivity index (χ4v) is 3.05. The van der Waals surface area contributed by atoms with Gasteiger partial charge in [-0.3, -0.25) is 9.69 Å². The topological polar surface area (TPSA) is 62.7 Å². The first-order valence-electron chi connectivity index (χ1n) is 7.95. The predicted molar refractivity (Wildman–Crippen MR) is 83.3 cm³/mol. The molecule has 1 atom stereocenters. The SMILES string of the molecule is CCC(CCN)N1CCCN(C(=O)c2ccc(C)o2)CC1. The van der Waals surface area contributed by atoms with E-state index in [1.807, 2.05) is 17.9 Å².